The lowest BCUT2D eigenvalue weighted by Gasteiger charge is -2.26. The molecule has 1 saturated carbocycles. The molecule has 3 rings (SSSR count). The first-order valence-electron chi connectivity index (χ1n) is 7.50. The molecule has 3 heteroatoms. The smallest absolute Gasteiger partial charge is 0.0934 e. The van der Waals surface area contributed by atoms with Crippen LogP contribution in [0.1, 0.15) is 32.6 Å². The maximum atomic E-state index is 4.55. The van der Waals surface area contributed by atoms with E-state index in [0.29, 0.717) is 0 Å². The molecule has 1 heterocycles. The van der Waals surface area contributed by atoms with Gasteiger partial charge in [-0.25, -0.2) is 0 Å². The van der Waals surface area contributed by atoms with Crippen LogP contribution < -0.4 is 5.32 Å². The molecule has 2 aromatic rings. The third kappa shape index (κ3) is 3.14. The molecule has 1 aliphatic carbocycles. The minimum atomic E-state index is 0.817. The van der Waals surface area contributed by atoms with Gasteiger partial charge in [0, 0.05) is 22.6 Å². The van der Waals surface area contributed by atoms with Gasteiger partial charge in [0.05, 0.1) is 11.2 Å². The van der Waals surface area contributed by atoms with E-state index < -0.39 is 0 Å². The molecule has 1 N–H and O–H groups in total. The van der Waals surface area contributed by atoms with Crippen LogP contribution in [0.4, 0.5) is 5.69 Å². The van der Waals surface area contributed by atoms with Crippen LogP contribution in [0.25, 0.3) is 10.9 Å². The number of fused-ring (bicyclic) bond motifs is 1. The van der Waals surface area contributed by atoms with E-state index in [9.17, 15) is 0 Å². The molecular formula is C17H21BrN2. The number of anilines is 1. The molecule has 0 radical (unpaired) electrons. The van der Waals surface area contributed by atoms with Gasteiger partial charge in [0.2, 0.25) is 0 Å². The van der Waals surface area contributed by atoms with E-state index in [1.54, 1.807) is 0 Å². The number of hydrogen-bond acceptors (Lipinski definition) is 2. The molecule has 0 spiro atoms. The first kappa shape index (κ1) is 13.9. The Morgan fingerprint density at radius 1 is 1.25 bits per heavy atom. The summed E-state index contributed by atoms with van der Waals surface area (Å²) in [7, 11) is 0. The van der Waals surface area contributed by atoms with Crippen molar-refractivity contribution in [3.8, 4) is 0 Å². The highest BCUT2D eigenvalue weighted by molar-refractivity contribution is 9.10. The van der Waals surface area contributed by atoms with Crippen LogP contribution in [-0.2, 0) is 0 Å². The first-order valence-corrected chi connectivity index (χ1v) is 8.30. The average molecular weight is 333 g/mol. The molecule has 1 fully saturated rings. The second-order valence-corrected chi connectivity index (χ2v) is 6.95. The van der Waals surface area contributed by atoms with Crippen LogP contribution in [-0.4, -0.2) is 11.5 Å². The summed E-state index contributed by atoms with van der Waals surface area (Å²) < 4.78 is 1.03. The molecule has 0 saturated heterocycles. The van der Waals surface area contributed by atoms with Crippen LogP contribution in [0.5, 0.6) is 0 Å². The zero-order chi connectivity index (χ0) is 13.9. The molecule has 1 aliphatic rings. The van der Waals surface area contributed by atoms with Crippen molar-refractivity contribution in [1.29, 1.82) is 0 Å². The van der Waals surface area contributed by atoms with Crippen LogP contribution in [0, 0.1) is 11.8 Å². The Kier molecular flexibility index (Phi) is 4.25. The van der Waals surface area contributed by atoms with E-state index in [-0.39, 0.29) is 0 Å². The van der Waals surface area contributed by atoms with Gasteiger partial charge >= 0.3 is 0 Å². The summed E-state index contributed by atoms with van der Waals surface area (Å²) in [6.07, 6.45) is 7.35. The maximum absolute atomic E-state index is 4.55. The van der Waals surface area contributed by atoms with Crippen molar-refractivity contribution in [1.82, 2.24) is 4.98 Å². The Hall–Kier alpha value is -1.09. The fourth-order valence-corrected chi connectivity index (χ4v) is 3.41. The summed E-state index contributed by atoms with van der Waals surface area (Å²) in [5.74, 6) is 1.74. The predicted molar refractivity (Wildman–Crippen MR) is 89.1 cm³/mol. The van der Waals surface area contributed by atoms with Crippen LogP contribution in [0.2, 0.25) is 0 Å². The molecular weight excluding hydrogens is 312 g/mol. The van der Waals surface area contributed by atoms with Gasteiger partial charge in [0.15, 0.2) is 0 Å². The first-order chi connectivity index (χ1) is 9.72. The zero-order valence-electron chi connectivity index (χ0n) is 11.9. The third-order valence-electron chi connectivity index (χ3n) is 4.39. The second kappa shape index (κ2) is 6.13. The van der Waals surface area contributed by atoms with Gasteiger partial charge in [0.25, 0.3) is 0 Å². The zero-order valence-corrected chi connectivity index (χ0v) is 13.5. The minimum Gasteiger partial charge on any atom is -0.383 e. The molecule has 0 bridgehead atoms. The Labute approximate surface area is 129 Å². The van der Waals surface area contributed by atoms with Gasteiger partial charge in [-0.2, -0.15) is 0 Å². The normalized spacial score (nSPS) is 22.9. The molecule has 1 aromatic carbocycles. The Morgan fingerprint density at radius 2 is 2.05 bits per heavy atom. The second-order valence-electron chi connectivity index (χ2n) is 6.04. The van der Waals surface area contributed by atoms with E-state index in [1.807, 2.05) is 6.20 Å². The van der Waals surface area contributed by atoms with Gasteiger partial charge in [-0.1, -0.05) is 31.9 Å². The molecule has 0 unspecified atom stereocenters. The number of para-hydroxylation sites is 1. The number of pyridine rings is 1. The minimum absolute atomic E-state index is 0.817. The van der Waals surface area contributed by atoms with Crippen molar-refractivity contribution >= 4 is 32.5 Å². The van der Waals surface area contributed by atoms with E-state index in [4.69, 9.17) is 0 Å². The largest absolute Gasteiger partial charge is 0.383 e. The third-order valence-corrected chi connectivity index (χ3v) is 4.83. The van der Waals surface area contributed by atoms with E-state index in [0.717, 1.165) is 34.1 Å². The maximum Gasteiger partial charge on any atom is 0.0934 e. The van der Waals surface area contributed by atoms with Gasteiger partial charge in [-0.3, -0.25) is 4.98 Å². The number of nitrogens with one attached hydrogen (secondary N) is 1. The van der Waals surface area contributed by atoms with E-state index in [2.05, 4.69) is 57.4 Å². The SMILES string of the molecule is CC1CCC(CNc2cccc3cc(Br)cnc23)CC1. The Balaban J connectivity index is 1.71. The van der Waals surface area contributed by atoms with Crippen molar-refractivity contribution < 1.29 is 0 Å². The summed E-state index contributed by atoms with van der Waals surface area (Å²) in [5.41, 5.74) is 2.23. The Morgan fingerprint density at radius 3 is 2.85 bits per heavy atom. The highest BCUT2D eigenvalue weighted by Gasteiger charge is 2.18. The van der Waals surface area contributed by atoms with Crippen LogP contribution >= 0.6 is 15.9 Å². The van der Waals surface area contributed by atoms with E-state index >= 15 is 0 Å². The summed E-state index contributed by atoms with van der Waals surface area (Å²) >= 11 is 3.48. The molecule has 0 amide bonds. The summed E-state index contributed by atoms with van der Waals surface area (Å²) in [4.78, 5) is 4.55. The molecule has 0 aliphatic heterocycles. The molecule has 1 aromatic heterocycles. The van der Waals surface area contributed by atoms with Gasteiger partial charge in [0.1, 0.15) is 0 Å². The van der Waals surface area contributed by atoms with Crippen LogP contribution in [0.15, 0.2) is 34.9 Å². The molecule has 106 valence electrons. The highest BCUT2D eigenvalue weighted by Crippen LogP contribution is 2.29. The van der Waals surface area contributed by atoms with Crippen molar-refractivity contribution in [3.63, 3.8) is 0 Å². The number of halogens is 1. The van der Waals surface area contributed by atoms with Crippen molar-refractivity contribution in [2.24, 2.45) is 11.8 Å². The van der Waals surface area contributed by atoms with Gasteiger partial charge < -0.3 is 5.32 Å². The predicted octanol–water partition coefficient (Wildman–Crippen LogP) is 5.24. The molecule has 2 nitrogen and oxygen atoms in total. The standard InChI is InChI=1S/C17H21BrN2/c1-12-5-7-13(8-6-12)10-19-16-4-2-3-14-9-15(18)11-20-17(14)16/h2-4,9,11-13,19H,5-8,10H2,1H3. The van der Waals surface area contributed by atoms with Gasteiger partial charge in [-0.15, -0.1) is 0 Å². The fourth-order valence-electron chi connectivity index (χ4n) is 3.06. The summed E-state index contributed by atoms with van der Waals surface area (Å²) in [6.45, 7) is 3.44. The average Bonchev–Trinajstić information content (AvgIpc) is 2.46. The number of nitrogens with zero attached hydrogens (tertiary/aromatic N) is 1. The number of rotatable bonds is 3. The summed E-state index contributed by atoms with van der Waals surface area (Å²) in [5, 5.41) is 4.80. The topological polar surface area (TPSA) is 24.9 Å². The monoisotopic (exact) mass is 332 g/mol. The number of hydrogen-bond donors (Lipinski definition) is 1. The fraction of sp³-hybridized carbons (Fsp3) is 0.471. The number of aromatic nitrogens is 1. The lowest BCUT2D eigenvalue weighted by Crippen LogP contribution is -2.20. The number of benzene rings is 1. The van der Waals surface area contributed by atoms with E-state index in [1.165, 1.54) is 31.1 Å². The van der Waals surface area contributed by atoms with Gasteiger partial charge in [-0.05, 0) is 52.7 Å². The summed E-state index contributed by atoms with van der Waals surface area (Å²) in [6, 6.07) is 8.47. The lowest BCUT2D eigenvalue weighted by atomic mass is 9.83. The highest BCUT2D eigenvalue weighted by atomic mass is 79.9. The molecule has 20 heavy (non-hydrogen) atoms. The molecule has 0 atom stereocenters. The quantitative estimate of drug-likeness (QED) is 0.831. The Bertz CT molecular complexity index is 589. The van der Waals surface area contributed by atoms with Crippen molar-refractivity contribution in [3.05, 3.63) is 34.9 Å². The van der Waals surface area contributed by atoms with Crippen molar-refractivity contribution in [2.75, 3.05) is 11.9 Å². The van der Waals surface area contributed by atoms with Crippen LogP contribution in [0.3, 0.4) is 0 Å². The lowest BCUT2D eigenvalue weighted by molar-refractivity contribution is 0.300. The van der Waals surface area contributed by atoms with Crippen molar-refractivity contribution in [2.45, 2.75) is 32.6 Å².